The van der Waals surface area contributed by atoms with Crippen molar-refractivity contribution in [2.24, 2.45) is 0 Å². The molecule has 4 rings (SSSR count). The molecule has 0 fully saturated rings. The molecular formula is C24H21F4N5O3. The molecule has 0 radical (unpaired) electrons. The fourth-order valence-corrected chi connectivity index (χ4v) is 3.82. The van der Waals surface area contributed by atoms with Crippen molar-refractivity contribution >= 4 is 11.4 Å². The highest BCUT2D eigenvalue weighted by Crippen LogP contribution is 2.33. The number of alkyl halides is 3. The highest BCUT2D eigenvalue weighted by Gasteiger charge is 2.32. The van der Waals surface area contributed by atoms with E-state index in [1.165, 1.54) is 26.0 Å². The van der Waals surface area contributed by atoms with Crippen LogP contribution in [-0.2, 0) is 0 Å². The van der Waals surface area contributed by atoms with Gasteiger partial charge in [-0.3, -0.25) is 4.79 Å². The number of methoxy groups -OCH3 is 1. The van der Waals surface area contributed by atoms with Gasteiger partial charge in [0.05, 0.1) is 36.3 Å². The van der Waals surface area contributed by atoms with Crippen LogP contribution in [0.15, 0.2) is 48.7 Å². The summed E-state index contributed by atoms with van der Waals surface area (Å²) in [6, 6.07) is 8.69. The van der Waals surface area contributed by atoms with Crippen LogP contribution in [0.25, 0.3) is 16.8 Å². The number of fused-ring (bicyclic) bond motifs is 1. The second kappa shape index (κ2) is 9.44. The molecule has 1 unspecified atom stereocenters. The van der Waals surface area contributed by atoms with Gasteiger partial charge < -0.3 is 14.4 Å². The van der Waals surface area contributed by atoms with Crippen molar-refractivity contribution in [3.05, 3.63) is 71.3 Å². The molecule has 0 saturated heterocycles. The van der Waals surface area contributed by atoms with Gasteiger partial charge in [0.25, 0.3) is 5.91 Å². The second-order valence-corrected chi connectivity index (χ2v) is 7.98. The smallest absolute Gasteiger partial charge is 0.480 e. The molecule has 0 bridgehead atoms. The molecule has 0 N–H and O–H groups in total. The zero-order valence-corrected chi connectivity index (χ0v) is 19.7. The summed E-state index contributed by atoms with van der Waals surface area (Å²) in [7, 11) is 2.76. The highest BCUT2D eigenvalue weighted by molar-refractivity contribution is 5.98. The molecule has 12 heteroatoms. The van der Waals surface area contributed by atoms with Gasteiger partial charge in [-0.2, -0.15) is 0 Å². The third-order valence-electron chi connectivity index (χ3n) is 5.76. The van der Waals surface area contributed by atoms with Crippen LogP contribution in [0.2, 0.25) is 0 Å². The van der Waals surface area contributed by atoms with Gasteiger partial charge in [-0.15, -0.1) is 18.3 Å². The maximum Gasteiger partial charge on any atom is 0.573 e. The molecule has 36 heavy (non-hydrogen) atoms. The van der Waals surface area contributed by atoms with E-state index in [1.54, 1.807) is 29.8 Å². The fourth-order valence-electron chi connectivity index (χ4n) is 3.82. The molecule has 1 amide bonds. The van der Waals surface area contributed by atoms with E-state index in [2.05, 4.69) is 20.0 Å². The number of hydrogen-bond donors (Lipinski definition) is 0. The van der Waals surface area contributed by atoms with E-state index in [1.807, 2.05) is 12.1 Å². The van der Waals surface area contributed by atoms with Crippen molar-refractivity contribution in [1.29, 1.82) is 0 Å². The summed E-state index contributed by atoms with van der Waals surface area (Å²) < 4.78 is 63.3. The molecule has 0 aliphatic rings. The average molecular weight is 503 g/mol. The van der Waals surface area contributed by atoms with Gasteiger partial charge in [0.1, 0.15) is 17.1 Å². The number of ether oxygens (including phenoxy) is 2. The van der Waals surface area contributed by atoms with Crippen LogP contribution in [-0.4, -0.2) is 51.1 Å². The third-order valence-corrected chi connectivity index (χ3v) is 5.76. The van der Waals surface area contributed by atoms with Crippen LogP contribution in [0, 0.1) is 12.7 Å². The van der Waals surface area contributed by atoms with Gasteiger partial charge in [0.2, 0.25) is 5.88 Å². The number of carbonyl (C=O) groups excluding carboxylic acids is 1. The molecule has 0 aliphatic carbocycles. The van der Waals surface area contributed by atoms with Crippen LogP contribution in [0.3, 0.4) is 0 Å². The summed E-state index contributed by atoms with van der Waals surface area (Å²) in [6.07, 6.45) is -3.35. The van der Waals surface area contributed by atoms with E-state index in [4.69, 9.17) is 4.74 Å². The summed E-state index contributed by atoms with van der Waals surface area (Å²) in [4.78, 5) is 19.1. The molecule has 4 aromatic rings. The Kier molecular flexibility index (Phi) is 6.53. The Hall–Kier alpha value is -4.22. The van der Waals surface area contributed by atoms with Crippen molar-refractivity contribution in [2.45, 2.75) is 26.3 Å². The van der Waals surface area contributed by atoms with Crippen LogP contribution >= 0.6 is 0 Å². The molecule has 1 atom stereocenters. The summed E-state index contributed by atoms with van der Waals surface area (Å²) in [5.74, 6) is -1.92. The minimum atomic E-state index is -4.94. The highest BCUT2D eigenvalue weighted by atomic mass is 19.4. The molecule has 3 heterocycles. The third kappa shape index (κ3) is 4.79. The number of rotatable bonds is 6. The number of halogens is 4. The lowest BCUT2D eigenvalue weighted by atomic mass is 10.0. The topological polar surface area (TPSA) is 81.8 Å². The number of aromatic nitrogens is 4. The van der Waals surface area contributed by atoms with E-state index in [0.29, 0.717) is 17.0 Å². The normalized spacial score (nSPS) is 12.4. The molecular weight excluding hydrogens is 482 g/mol. The van der Waals surface area contributed by atoms with Crippen molar-refractivity contribution in [2.75, 3.05) is 14.2 Å². The SMILES string of the molecule is COc1nc(C)c(-c2cccc3cnnn23)cc1C(=O)N(C)C(C)c1cc(OC(F)(F)F)ccc1F. The first-order valence-corrected chi connectivity index (χ1v) is 10.7. The molecule has 1 aromatic carbocycles. The lowest BCUT2D eigenvalue weighted by Crippen LogP contribution is -2.31. The van der Waals surface area contributed by atoms with Gasteiger partial charge in [0.15, 0.2) is 0 Å². The minimum Gasteiger partial charge on any atom is -0.480 e. The van der Waals surface area contributed by atoms with Crippen molar-refractivity contribution in [3.8, 4) is 22.9 Å². The van der Waals surface area contributed by atoms with Crippen LogP contribution in [0.4, 0.5) is 17.6 Å². The molecule has 0 aliphatic heterocycles. The summed E-state index contributed by atoms with van der Waals surface area (Å²) in [5.41, 5.74) is 2.43. The maximum absolute atomic E-state index is 14.6. The first-order chi connectivity index (χ1) is 17.0. The van der Waals surface area contributed by atoms with Gasteiger partial charge in [-0.25, -0.2) is 13.9 Å². The monoisotopic (exact) mass is 503 g/mol. The minimum absolute atomic E-state index is 0.0423. The lowest BCUT2D eigenvalue weighted by molar-refractivity contribution is -0.274. The van der Waals surface area contributed by atoms with Crippen molar-refractivity contribution < 1.29 is 31.8 Å². The predicted octanol–water partition coefficient (Wildman–Crippen LogP) is 4.98. The largest absolute Gasteiger partial charge is 0.573 e. The van der Waals surface area contributed by atoms with E-state index in [-0.39, 0.29) is 17.0 Å². The standard InChI is InChI=1S/C24H21F4N5O3/c1-13-17(21-7-5-6-15-12-29-31-33(15)21)11-19(22(30-13)35-4)23(34)32(3)14(2)18-10-16(8-9-20(18)25)36-24(26,27)28/h5-12,14H,1-4H3. The second-order valence-electron chi connectivity index (χ2n) is 7.98. The number of carbonyl (C=O) groups is 1. The van der Waals surface area contributed by atoms with Crippen molar-refractivity contribution in [3.63, 3.8) is 0 Å². The van der Waals surface area contributed by atoms with Gasteiger partial charge >= 0.3 is 6.36 Å². The Morgan fingerprint density at radius 3 is 2.61 bits per heavy atom. The van der Waals surface area contributed by atoms with Crippen molar-refractivity contribution in [1.82, 2.24) is 24.7 Å². The number of aryl methyl sites for hydroxylation is 1. The molecule has 188 valence electrons. The van der Waals surface area contributed by atoms with E-state index in [0.717, 1.165) is 23.7 Å². The van der Waals surface area contributed by atoms with Gasteiger partial charge in [-0.1, -0.05) is 11.3 Å². The zero-order chi connectivity index (χ0) is 26.2. The van der Waals surface area contributed by atoms with Gasteiger partial charge in [-0.05, 0) is 50.2 Å². The van der Waals surface area contributed by atoms with Crippen LogP contribution in [0.5, 0.6) is 11.6 Å². The maximum atomic E-state index is 14.6. The van der Waals surface area contributed by atoms with Crippen LogP contribution < -0.4 is 9.47 Å². The average Bonchev–Trinajstić information content (AvgIpc) is 3.32. The molecule has 3 aromatic heterocycles. The number of hydrogen-bond acceptors (Lipinski definition) is 6. The Balaban J connectivity index is 1.73. The number of amides is 1. The predicted molar refractivity (Wildman–Crippen MR) is 121 cm³/mol. The number of pyridine rings is 2. The number of nitrogens with zero attached hydrogens (tertiary/aromatic N) is 5. The number of benzene rings is 1. The van der Waals surface area contributed by atoms with E-state index < -0.39 is 29.9 Å². The Morgan fingerprint density at radius 2 is 1.92 bits per heavy atom. The summed E-state index contributed by atoms with van der Waals surface area (Å²) in [6.45, 7) is 3.23. The quantitative estimate of drug-likeness (QED) is 0.345. The van der Waals surface area contributed by atoms with E-state index in [9.17, 15) is 22.4 Å². The molecule has 0 saturated carbocycles. The zero-order valence-electron chi connectivity index (χ0n) is 19.7. The summed E-state index contributed by atoms with van der Waals surface area (Å²) >= 11 is 0. The Labute approximate surface area is 203 Å². The first kappa shape index (κ1) is 24.9. The Morgan fingerprint density at radius 1 is 1.17 bits per heavy atom. The van der Waals surface area contributed by atoms with E-state index >= 15 is 0 Å². The first-order valence-electron chi connectivity index (χ1n) is 10.7. The van der Waals surface area contributed by atoms with Gasteiger partial charge in [0, 0.05) is 18.2 Å². The Bertz CT molecular complexity index is 1440. The fraction of sp³-hybridized carbons (Fsp3) is 0.250. The summed E-state index contributed by atoms with van der Waals surface area (Å²) in [5, 5.41) is 7.99. The molecule has 8 nitrogen and oxygen atoms in total. The van der Waals surface area contributed by atoms with Crippen LogP contribution in [0.1, 0.15) is 34.6 Å². The lowest BCUT2D eigenvalue weighted by Gasteiger charge is -2.27. The molecule has 0 spiro atoms.